The van der Waals surface area contributed by atoms with Crippen LogP contribution in [0.4, 0.5) is 11.4 Å². The van der Waals surface area contributed by atoms with E-state index < -0.39 is 5.54 Å². The third-order valence-electron chi connectivity index (χ3n) is 6.17. The smallest absolute Gasteiger partial charge is 0.255 e. The summed E-state index contributed by atoms with van der Waals surface area (Å²) in [5.41, 5.74) is 4.32. The third-order valence-corrected chi connectivity index (χ3v) is 6.17. The Bertz CT molecular complexity index is 1140. The van der Waals surface area contributed by atoms with Gasteiger partial charge in [0, 0.05) is 29.6 Å². The van der Waals surface area contributed by atoms with Gasteiger partial charge in [-0.3, -0.25) is 14.5 Å². The number of anilines is 2. The highest BCUT2D eigenvalue weighted by atomic mass is 16.5. The van der Waals surface area contributed by atoms with Crippen molar-refractivity contribution in [3.63, 3.8) is 0 Å². The third kappa shape index (κ3) is 4.97. The molecular formula is C27H29N3O3. The molecule has 170 valence electrons. The van der Waals surface area contributed by atoms with Crippen molar-refractivity contribution in [2.45, 2.75) is 25.0 Å². The van der Waals surface area contributed by atoms with Crippen LogP contribution < -0.4 is 10.6 Å². The summed E-state index contributed by atoms with van der Waals surface area (Å²) in [5.74, 6) is -0.297. The maximum Gasteiger partial charge on any atom is 0.255 e. The molecule has 0 bridgehead atoms. The molecule has 33 heavy (non-hydrogen) atoms. The second-order valence-corrected chi connectivity index (χ2v) is 8.58. The maximum absolute atomic E-state index is 12.9. The summed E-state index contributed by atoms with van der Waals surface area (Å²) in [7, 11) is 5.43. The van der Waals surface area contributed by atoms with Crippen molar-refractivity contribution in [1.29, 1.82) is 0 Å². The largest absolute Gasteiger partial charge is 0.380 e. The first-order chi connectivity index (χ1) is 15.9. The molecule has 0 atom stereocenters. The van der Waals surface area contributed by atoms with Crippen molar-refractivity contribution in [2.75, 3.05) is 31.8 Å². The Morgan fingerprint density at radius 1 is 0.909 bits per heavy atom. The van der Waals surface area contributed by atoms with Crippen LogP contribution in [0.2, 0.25) is 0 Å². The number of methoxy groups -OCH3 is 1. The Balaban J connectivity index is 1.50. The molecule has 2 N–H and O–H groups in total. The first-order valence-electron chi connectivity index (χ1n) is 11.0. The monoisotopic (exact) mass is 443 g/mol. The Hall–Kier alpha value is -3.48. The van der Waals surface area contributed by atoms with Gasteiger partial charge in [0.2, 0.25) is 5.91 Å². The minimum atomic E-state index is -0.469. The summed E-state index contributed by atoms with van der Waals surface area (Å²) < 4.78 is 5.28. The van der Waals surface area contributed by atoms with Crippen LogP contribution in [0.5, 0.6) is 0 Å². The predicted molar refractivity (Wildman–Crippen MR) is 131 cm³/mol. The number of hydrogen-bond acceptors (Lipinski definition) is 4. The van der Waals surface area contributed by atoms with E-state index in [0.717, 1.165) is 29.5 Å². The SMILES string of the molecule is COCc1ccc(C(=O)Nc2ccc(-c3ccccc3)cc2)cc1NC(=O)C1(N(C)C)CC1. The van der Waals surface area contributed by atoms with E-state index in [-0.39, 0.29) is 11.8 Å². The van der Waals surface area contributed by atoms with E-state index in [2.05, 4.69) is 10.6 Å². The molecule has 1 saturated carbocycles. The molecule has 6 heteroatoms. The van der Waals surface area contributed by atoms with Gasteiger partial charge in [0.15, 0.2) is 0 Å². The maximum atomic E-state index is 12.9. The molecule has 0 spiro atoms. The second kappa shape index (κ2) is 9.57. The highest BCUT2D eigenvalue weighted by Crippen LogP contribution is 2.41. The fourth-order valence-corrected chi connectivity index (χ4v) is 3.93. The van der Waals surface area contributed by atoms with E-state index in [0.29, 0.717) is 23.5 Å². The average Bonchev–Trinajstić information content (AvgIpc) is 3.64. The van der Waals surface area contributed by atoms with E-state index >= 15 is 0 Å². The van der Waals surface area contributed by atoms with Gasteiger partial charge in [-0.05, 0) is 62.3 Å². The highest BCUT2D eigenvalue weighted by molar-refractivity contribution is 6.06. The Kier molecular flexibility index (Phi) is 6.58. The minimum Gasteiger partial charge on any atom is -0.380 e. The quantitative estimate of drug-likeness (QED) is 0.525. The molecule has 4 rings (SSSR count). The van der Waals surface area contributed by atoms with Gasteiger partial charge >= 0.3 is 0 Å². The zero-order chi connectivity index (χ0) is 23.4. The van der Waals surface area contributed by atoms with E-state index in [1.807, 2.05) is 79.7 Å². The van der Waals surface area contributed by atoms with Gasteiger partial charge in [0.05, 0.1) is 6.61 Å². The number of nitrogens with one attached hydrogen (secondary N) is 2. The highest BCUT2D eigenvalue weighted by Gasteiger charge is 2.52. The van der Waals surface area contributed by atoms with Gasteiger partial charge in [-0.15, -0.1) is 0 Å². The number of benzene rings is 3. The van der Waals surface area contributed by atoms with Gasteiger partial charge < -0.3 is 15.4 Å². The molecule has 0 saturated heterocycles. The van der Waals surface area contributed by atoms with Crippen molar-refractivity contribution in [3.05, 3.63) is 83.9 Å². The van der Waals surface area contributed by atoms with Crippen LogP contribution in [-0.4, -0.2) is 43.5 Å². The normalized spacial score (nSPS) is 14.1. The van der Waals surface area contributed by atoms with Gasteiger partial charge in [-0.1, -0.05) is 48.5 Å². The molecule has 0 radical (unpaired) electrons. The van der Waals surface area contributed by atoms with E-state index in [1.165, 1.54) is 0 Å². The molecule has 0 aromatic heterocycles. The van der Waals surface area contributed by atoms with Crippen LogP contribution in [0.25, 0.3) is 11.1 Å². The van der Waals surface area contributed by atoms with Crippen LogP contribution in [0.15, 0.2) is 72.8 Å². The van der Waals surface area contributed by atoms with Crippen molar-refractivity contribution >= 4 is 23.2 Å². The zero-order valence-corrected chi connectivity index (χ0v) is 19.2. The number of carbonyl (C=O) groups excluding carboxylic acids is 2. The molecule has 0 unspecified atom stereocenters. The Labute approximate surface area is 194 Å². The summed E-state index contributed by atoms with van der Waals surface area (Å²) in [6, 6.07) is 23.1. The van der Waals surface area contributed by atoms with Gasteiger partial charge in [-0.25, -0.2) is 0 Å². The Morgan fingerprint density at radius 2 is 1.58 bits per heavy atom. The van der Waals surface area contributed by atoms with Gasteiger partial charge in [-0.2, -0.15) is 0 Å². The van der Waals surface area contributed by atoms with Crippen LogP contribution in [0.1, 0.15) is 28.8 Å². The van der Waals surface area contributed by atoms with E-state index in [9.17, 15) is 9.59 Å². The number of carbonyl (C=O) groups is 2. The van der Waals surface area contributed by atoms with Crippen LogP contribution >= 0.6 is 0 Å². The van der Waals surface area contributed by atoms with Crippen LogP contribution in [0.3, 0.4) is 0 Å². The van der Waals surface area contributed by atoms with Gasteiger partial charge in [0.25, 0.3) is 5.91 Å². The van der Waals surface area contributed by atoms with Crippen molar-refractivity contribution in [1.82, 2.24) is 4.90 Å². The molecule has 0 heterocycles. The van der Waals surface area contributed by atoms with Crippen molar-refractivity contribution < 1.29 is 14.3 Å². The van der Waals surface area contributed by atoms with Crippen LogP contribution in [-0.2, 0) is 16.1 Å². The number of likely N-dealkylation sites (N-methyl/N-ethyl adjacent to an activating group) is 1. The summed E-state index contributed by atoms with van der Waals surface area (Å²) in [6.45, 7) is 0.341. The topological polar surface area (TPSA) is 70.7 Å². The van der Waals surface area contributed by atoms with Crippen molar-refractivity contribution in [3.8, 4) is 11.1 Å². The lowest BCUT2D eigenvalue weighted by molar-refractivity contribution is -0.121. The summed E-state index contributed by atoms with van der Waals surface area (Å²) >= 11 is 0. The van der Waals surface area contributed by atoms with Gasteiger partial charge in [0.1, 0.15) is 5.54 Å². The number of rotatable bonds is 8. The fourth-order valence-electron chi connectivity index (χ4n) is 3.93. The standard InChI is InChI=1S/C27H29N3O3/c1-30(2)27(15-16-27)26(32)29-24-17-21(9-10-22(24)18-33-3)25(31)28-23-13-11-20(12-14-23)19-7-5-4-6-8-19/h4-14,17H,15-16,18H2,1-3H3,(H,28,31)(H,29,32). The lowest BCUT2D eigenvalue weighted by atomic mass is 10.1. The first kappa shape index (κ1) is 22.7. The molecule has 3 aromatic rings. The molecule has 3 aromatic carbocycles. The summed E-state index contributed by atoms with van der Waals surface area (Å²) in [4.78, 5) is 27.8. The molecule has 0 aliphatic heterocycles. The lowest BCUT2D eigenvalue weighted by Gasteiger charge is -2.23. The average molecular weight is 444 g/mol. The lowest BCUT2D eigenvalue weighted by Crippen LogP contribution is -2.42. The zero-order valence-electron chi connectivity index (χ0n) is 19.2. The second-order valence-electron chi connectivity index (χ2n) is 8.58. The fraction of sp³-hybridized carbons (Fsp3) is 0.259. The Morgan fingerprint density at radius 3 is 2.18 bits per heavy atom. The number of amides is 2. The number of ether oxygens (including phenoxy) is 1. The van der Waals surface area contributed by atoms with Crippen molar-refractivity contribution in [2.24, 2.45) is 0 Å². The van der Waals surface area contributed by atoms with E-state index in [1.54, 1.807) is 19.2 Å². The molecule has 1 fully saturated rings. The van der Waals surface area contributed by atoms with E-state index in [4.69, 9.17) is 4.74 Å². The number of nitrogens with zero attached hydrogens (tertiary/aromatic N) is 1. The molecule has 1 aliphatic rings. The van der Waals surface area contributed by atoms with Crippen LogP contribution in [0, 0.1) is 0 Å². The molecule has 1 aliphatic carbocycles. The molecule has 2 amide bonds. The minimum absolute atomic E-state index is 0.0566. The first-order valence-corrected chi connectivity index (χ1v) is 11.0. The molecule has 6 nitrogen and oxygen atoms in total. The number of hydrogen-bond donors (Lipinski definition) is 2. The molecular weight excluding hydrogens is 414 g/mol. The summed E-state index contributed by atoms with van der Waals surface area (Å²) in [6.07, 6.45) is 1.65. The summed E-state index contributed by atoms with van der Waals surface area (Å²) in [5, 5.41) is 5.96. The predicted octanol–water partition coefficient (Wildman–Crippen LogP) is 4.79.